The lowest BCUT2D eigenvalue weighted by Crippen LogP contribution is -2.39. The van der Waals surface area contributed by atoms with Crippen LogP contribution in [0, 0.1) is 10.8 Å². The second kappa shape index (κ2) is 5.68. The van der Waals surface area contributed by atoms with Crippen LogP contribution in [-0.2, 0) is 28.5 Å². The molecule has 0 amide bonds. The van der Waals surface area contributed by atoms with Crippen molar-refractivity contribution in [3.05, 3.63) is 0 Å². The van der Waals surface area contributed by atoms with E-state index in [0.29, 0.717) is 12.8 Å². The topological polar surface area (TPSA) is 77.7 Å². The Bertz CT molecular complexity index is 580. The van der Waals surface area contributed by atoms with E-state index in [1.54, 1.807) is 0 Å². The van der Waals surface area contributed by atoms with Crippen molar-refractivity contribution in [1.29, 1.82) is 0 Å². The summed E-state index contributed by atoms with van der Waals surface area (Å²) in [6, 6.07) is 0. The first-order valence-corrected chi connectivity index (χ1v) is 9.79. The summed E-state index contributed by atoms with van der Waals surface area (Å²) in [5.74, 6) is -0.422. The molecule has 0 spiro atoms. The van der Waals surface area contributed by atoms with Gasteiger partial charge >= 0.3 is 11.9 Å². The van der Waals surface area contributed by atoms with Crippen molar-refractivity contribution in [3.63, 3.8) is 0 Å². The summed E-state index contributed by atoms with van der Waals surface area (Å²) >= 11 is 0. The zero-order valence-corrected chi connectivity index (χ0v) is 16.3. The van der Waals surface area contributed by atoms with Crippen LogP contribution in [0.2, 0.25) is 0 Å². The standard InChI is InChI=1S/C20H30O6/c1-17(5-7-19(3)13(11-17)25-19)15(21)23-9-10-24-16(22)18(2)6-8-20(4)14(12-18)26-20/h13-14H,5-12H2,1-4H3. The van der Waals surface area contributed by atoms with Gasteiger partial charge in [0.1, 0.15) is 13.2 Å². The number of fused-ring (bicyclic) bond motifs is 2. The minimum atomic E-state index is -0.492. The van der Waals surface area contributed by atoms with Gasteiger partial charge in [-0.2, -0.15) is 0 Å². The second-order valence-corrected chi connectivity index (χ2v) is 9.64. The van der Waals surface area contributed by atoms with E-state index < -0.39 is 10.8 Å². The average molecular weight is 366 g/mol. The second-order valence-electron chi connectivity index (χ2n) is 9.64. The average Bonchev–Trinajstić information content (AvgIpc) is 3.44. The smallest absolute Gasteiger partial charge is 0.312 e. The van der Waals surface area contributed by atoms with Gasteiger partial charge in [0.15, 0.2) is 0 Å². The fourth-order valence-electron chi connectivity index (χ4n) is 4.60. The van der Waals surface area contributed by atoms with Crippen LogP contribution >= 0.6 is 0 Å². The minimum Gasteiger partial charge on any atom is -0.462 e. The van der Waals surface area contributed by atoms with Crippen molar-refractivity contribution in [2.24, 2.45) is 10.8 Å². The fraction of sp³-hybridized carbons (Fsp3) is 0.900. The van der Waals surface area contributed by atoms with Crippen LogP contribution in [0.3, 0.4) is 0 Å². The van der Waals surface area contributed by atoms with E-state index in [0.717, 1.165) is 25.7 Å². The molecule has 6 unspecified atom stereocenters. The van der Waals surface area contributed by atoms with Crippen LogP contribution in [0.15, 0.2) is 0 Å². The van der Waals surface area contributed by atoms with Crippen molar-refractivity contribution < 1.29 is 28.5 Å². The first-order chi connectivity index (χ1) is 12.1. The molecule has 26 heavy (non-hydrogen) atoms. The molecule has 6 atom stereocenters. The zero-order valence-electron chi connectivity index (χ0n) is 16.3. The number of carbonyl (C=O) groups excluding carboxylic acids is 2. The van der Waals surface area contributed by atoms with E-state index in [2.05, 4.69) is 13.8 Å². The molecule has 6 heteroatoms. The van der Waals surface area contributed by atoms with Crippen LogP contribution in [-0.4, -0.2) is 48.6 Å². The van der Waals surface area contributed by atoms with E-state index in [4.69, 9.17) is 18.9 Å². The molecule has 0 radical (unpaired) electrons. The highest BCUT2D eigenvalue weighted by Gasteiger charge is 2.61. The van der Waals surface area contributed by atoms with Gasteiger partial charge in [-0.15, -0.1) is 0 Å². The van der Waals surface area contributed by atoms with Crippen molar-refractivity contribution >= 4 is 11.9 Å². The molecule has 146 valence electrons. The highest BCUT2D eigenvalue weighted by atomic mass is 16.6. The molecule has 2 saturated heterocycles. The minimum absolute atomic E-state index is 0.0217. The molecule has 2 aliphatic carbocycles. The molecule has 0 aromatic heterocycles. The summed E-state index contributed by atoms with van der Waals surface area (Å²) in [5, 5.41) is 0. The monoisotopic (exact) mass is 366 g/mol. The first-order valence-electron chi connectivity index (χ1n) is 9.79. The molecule has 2 saturated carbocycles. The van der Waals surface area contributed by atoms with Gasteiger partial charge in [0.05, 0.1) is 34.2 Å². The number of carbonyl (C=O) groups is 2. The Morgan fingerprint density at radius 3 is 1.50 bits per heavy atom. The highest BCUT2D eigenvalue weighted by molar-refractivity contribution is 5.77. The third kappa shape index (κ3) is 3.05. The Morgan fingerprint density at radius 2 is 1.15 bits per heavy atom. The van der Waals surface area contributed by atoms with Crippen LogP contribution < -0.4 is 0 Å². The molecule has 2 aliphatic heterocycles. The maximum Gasteiger partial charge on any atom is 0.312 e. The maximum absolute atomic E-state index is 12.4. The first kappa shape index (κ1) is 18.2. The Morgan fingerprint density at radius 1 is 0.769 bits per heavy atom. The quantitative estimate of drug-likeness (QED) is 0.423. The van der Waals surface area contributed by atoms with Crippen LogP contribution in [0.25, 0.3) is 0 Å². The molecule has 6 nitrogen and oxygen atoms in total. The normalized spacial score (nSPS) is 48.8. The maximum atomic E-state index is 12.4. The predicted octanol–water partition coefficient (Wildman–Crippen LogP) is 2.77. The number of rotatable bonds is 5. The molecule has 0 N–H and O–H groups in total. The van der Waals surface area contributed by atoms with Gasteiger partial charge in [0.25, 0.3) is 0 Å². The van der Waals surface area contributed by atoms with Crippen LogP contribution in [0.4, 0.5) is 0 Å². The Kier molecular flexibility index (Phi) is 3.98. The SMILES string of the molecule is CC1(C(=O)OCCOC(=O)C2(C)CCC3(C)OC3C2)CCC2(C)OC2C1. The van der Waals surface area contributed by atoms with Gasteiger partial charge in [-0.05, 0) is 66.2 Å². The van der Waals surface area contributed by atoms with Crippen molar-refractivity contribution in [2.75, 3.05) is 13.2 Å². The van der Waals surface area contributed by atoms with Gasteiger partial charge in [-0.1, -0.05) is 0 Å². The van der Waals surface area contributed by atoms with Gasteiger partial charge < -0.3 is 18.9 Å². The third-order valence-electron chi connectivity index (χ3n) is 7.22. The molecular weight excluding hydrogens is 336 g/mol. The molecule has 4 fully saturated rings. The molecule has 0 aromatic carbocycles. The van der Waals surface area contributed by atoms with E-state index in [1.807, 2.05) is 13.8 Å². The van der Waals surface area contributed by atoms with E-state index >= 15 is 0 Å². The van der Waals surface area contributed by atoms with Crippen molar-refractivity contribution in [1.82, 2.24) is 0 Å². The summed E-state index contributed by atoms with van der Waals surface area (Å²) in [6.45, 7) is 8.30. The van der Waals surface area contributed by atoms with E-state index in [1.165, 1.54) is 0 Å². The Balaban J connectivity index is 1.19. The highest BCUT2D eigenvalue weighted by Crippen LogP contribution is 2.55. The lowest BCUT2D eigenvalue weighted by atomic mass is 9.72. The lowest BCUT2D eigenvalue weighted by Gasteiger charge is -2.32. The molecular formula is C20H30O6. The fourth-order valence-corrected chi connectivity index (χ4v) is 4.60. The number of esters is 2. The number of ether oxygens (including phenoxy) is 4. The molecule has 2 heterocycles. The summed E-state index contributed by atoms with van der Waals surface area (Å²) < 4.78 is 22.2. The van der Waals surface area contributed by atoms with Gasteiger partial charge in [-0.3, -0.25) is 9.59 Å². The van der Waals surface area contributed by atoms with Gasteiger partial charge in [-0.25, -0.2) is 0 Å². The number of hydrogen-bond acceptors (Lipinski definition) is 6. The molecule has 0 bridgehead atoms. The largest absolute Gasteiger partial charge is 0.462 e. The van der Waals surface area contributed by atoms with Crippen LogP contribution in [0.5, 0.6) is 0 Å². The number of epoxide rings is 2. The lowest BCUT2D eigenvalue weighted by molar-refractivity contribution is -0.165. The third-order valence-corrected chi connectivity index (χ3v) is 7.22. The van der Waals surface area contributed by atoms with Crippen molar-refractivity contribution in [2.45, 2.75) is 89.6 Å². The predicted molar refractivity (Wildman–Crippen MR) is 92.4 cm³/mol. The molecule has 4 rings (SSSR count). The zero-order chi connectivity index (χ0) is 18.8. The Hall–Kier alpha value is -1.14. The van der Waals surface area contributed by atoms with Gasteiger partial charge in [0, 0.05) is 0 Å². The Labute approximate surface area is 154 Å². The van der Waals surface area contributed by atoms with Crippen LogP contribution in [0.1, 0.15) is 66.2 Å². The number of hydrogen-bond donors (Lipinski definition) is 0. The van der Waals surface area contributed by atoms with E-state index in [-0.39, 0.29) is 48.6 Å². The van der Waals surface area contributed by atoms with E-state index in [9.17, 15) is 9.59 Å². The van der Waals surface area contributed by atoms with Crippen molar-refractivity contribution in [3.8, 4) is 0 Å². The summed E-state index contributed by atoms with van der Waals surface area (Å²) in [6.07, 6.45) is 5.09. The summed E-state index contributed by atoms with van der Waals surface area (Å²) in [7, 11) is 0. The summed E-state index contributed by atoms with van der Waals surface area (Å²) in [4.78, 5) is 24.9. The molecule has 0 aromatic rings. The molecule has 4 aliphatic rings. The van der Waals surface area contributed by atoms with Gasteiger partial charge in [0.2, 0.25) is 0 Å². The summed E-state index contributed by atoms with van der Waals surface area (Å²) in [5.41, 5.74) is -1.03.